The first kappa shape index (κ1) is 13.5. The molecular formula is C18H21N. The van der Waals surface area contributed by atoms with Crippen molar-refractivity contribution in [3.63, 3.8) is 0 Å². The summed E-state index contributed by atoms with van der Waals surface area (Å²) in [5.41, 5.74) is 4.00. The molecule has 0 amide bonds. The highest BCUT2D eigenvalue weighted by atomic mass is 14.7. The molecule has 0 saturated carbocycles. The summed E-state index contributed by atoms with van der Waals surface area (Å²) >= 11 is 0. The zero-order valence-electron chi connectivity index (χ0n) is 11.5. The minimum absolute atomic E-state index is 0.893. The quantitative estimate of drug-likeness (QED) is 0.678. The van der Waals surface area contributed by atoms with E-state index in [1.807, 2.05) is 0 Å². The van der Waals surface area contributed by atoms with Crippen LogP contribution in [0.3, 0.4) is 0 Å². The summed E-state index contributed by atoms with van der Waals surface area (Å²) in [6, 6.07) is 21.2. The maximum absolute atomic E-state index is 4.65. The molecule has 0 N–H and O–H groups in total. The molecule has 0 bridgehead atoms. The van der Waals surface area contributed by atoms with Crippen molar-refractivity contribution in [2.75, 3.05) is 6.54 Å². The zero-order valence-corrected chi connectivity index (χ0v) is 11.5. The van der Waals surface area contributed by atoms with Crippen molar-refractivity contribution in [3.05, 3.63) is 71.8 Å². The van der Waals surface area contributed by atoms with E-state index in [1.54, 1.807) is 0 Å². The van der Waals surface area contributed by atoms with Crippen molar-refractivity contribution in [1.29, 1.82) is 0 Å². The Balaban J connectivity index is 1.74. The summed E-state index contributed by atoms with van der Waals surface area (Å²) in [7, 11) is 0. The molecule has 0 aromatic heterocycles. The van der Waals surface area contributed by atoms with Gasteiger partial charge in [-0.25, -0.2) is 0 Å². The molecule has 2 aromatic rings. The van der Waals surface area contributed by atoms with Crippen LogP contribution >= 0.6 is 0 Å². The molecule has 0 radical (unpaired) electrons. The van der Waals surface area contributed by atoms with Crippen LogP contribution in [0.1, 0.15) is 24.5 Å². The van der Waals surface area contributed by atoms with E-state index >= 15 is 0 Å². The lowest BCUT2D eigenvalue weighted by atomic mass is 10.1. The average molecular weight is 251 g/mol. The van der Waals surface area contributed by atoms with Gasteiger partial charge in [0.05, 0.1) is 0 Å². The number of rotatable bonds is 6. The maximum Gasteiger partial charge on any atom is 0.0428 e. The third kappa shape index (κ3) is 5.09. The van der Waals surface area contributed by atoms with Gasteiger partial charge in [-0.05, 0) is 37.3 Å². The highest BCUT2D eigenvalue weighted by molar-refractivity contribution is 5.82. The molecule has 0 unspecified atom stereocenters. The Labute approximate surface area is 116 Å². The van der Waals surface area contributed by atoms with Gasteiger partial charge in [-0.1, -0.05) is 60.7 Å². The third-order valence-electron chi connectivity index (χ3n) is 3.24. The number of hydrogen-bond acceptors (Lipinski definition) is 1. The van der Waals surface area contributed by atoms with Crippen LogP contribution < -0.4 is 0 Å². The normalized spacial score (nSPS) is 11.5. The Morgan fingerprint density at radius 3 is 1.89 bits per heavy atom. The van der Waals surface area contributed by atoms with Crippen LogP contribution in [-0.2, 0) is 12.8 Å². The molecule has 0 aliphatic heterocycles. The largest absolute Gasteiger partial charge is 0.294 e. The van der Waals surface area contributed by atoms with Crippen molar-refractivity contribution < 1.29 is 0 Å². The van der Waals surface area contributed by atoms with E-state index in [9.17, 15) is 0 Å². The summed E-state index contributed by atoms with van der Waals surface area (Å²) in [5, 5.41) is 0. The standard InChI is InChI=1S/C18H21N/c1-16(12-13-17-8-4-2-5-9-17)19-15-14-18-10-6-3-7-11-18/h2-11H,12-15H2,1H3/b19-16+. The van der Waals surface area contributed by atoms with Gasteiger partial charge in [0.2, 0.25) is 0 Å². The summed E-state index contributed by atoms with van der Waals surface area (Å²) < 4.78 is 0. The monoisotopic (exact) mass is 251 g/mol. The molecule has 2 rings (SSSR count). The van der Waals surface area contributed by atoms with Crippen molar-refractivity contribution in [2.45, 2.75) is 26.2 Å². The molecule has 0 saturated heterocycles. The first-order valence-electron chi connectivity index (χ1n) is 6.92. The SMILES string of the molecule is C/C(CCc1ccccc1)=N\CCc1ccccc1. The van der Waals surface area contributed by atoms with Crippen molar-refractivity contribution in [1.82, 2.24) is 0 Å². The molecule has 0 atom stereocenters. The number of aryl methyl sites for hydroxylation is 1. The molecule has 1 nitrogen and oxygen atoms in total. The van der Waals surface area contributed by atoms with E-state index in [0.717, 1.165) is 25.8 Å². The van der Waals surface area contributed by atoms with E-state index in [2.05, 4.69) is 72.6 Å². The van der Waals surface area contributed by atoms with Crippen LogP contribution in [0.15, 0.2) is 65.7 Å². The first-order chi connectivity index (χ1) is 9.34. The molecule has 19 heavy (non-hydrogen) atoms. The van der Waals surface area contributed by atoms with Gasteiger partial charge >= 0.3 is 0 Å². The summed E-state index contributed by atoms with van der Waals surface area (Å²) in [4.78, 5) is 4.65. The Kier molecular flexibility index (Phi) is 5.36. The topological polar surface area (TPSA) is 12.4 Å². The van der Waals surface area contributed by atoms with Gasteiger partial charge in [-0.3, -0.25) is 4.99 Å². The number of benzene rings is 2. The van der Waals surface area contributed by atoms with Gasteiger partial charge in [0, 0.05) is 12.3 Å². The Hall–Kier alpha value is -1.89. The predicted octanol–water partition coefficient (Wildman–Crippen LogP) is 4.32. The van der Waals surface area contributed by atoms with Crippen LogP contribution in [0.4, 0.5) is 0 Å². The predicted molar refractivity (Wildman–Crippen MR) is 82.9 cm³/mol. The molecule has 98 valence electrons. The number of nitrogens with zero attached hydrogens (tertiary/aromatic N) is 1. The lowest BCUT2D eigenvalue weighted by molar-refractivity contribution is 0.942. The third-order valence-corrected chi connectivity index (χ3v) is 3.24. The molecule has 0 heterocycles. The minimum Gasteiger partial charge on any atom is -0.294 e. The minimum atomic E-state index is 0.893. The molecule has 0 aliphatic carbocycles. The molecule has 1 heteroatoms. The van der Waals surface area contributed by atoms with Crippen LogP contribution in [0.5, 0.6) is 0 Å². The molecule has 2 aromatic carbocycles. The van der Waals surface area contributed by atoms with Crippen LogP contribution in [-0.4, -0.2) is 12.3 Å². The molecule has 0 aliphatic rings. The van der Waals surface area contributed by atoms with Gasteiger partial charge in [-0.15, -0.1) is 0 Å². The summed E-state index contributed by atoms with van der Waals surface area (Å²) in [6.45, 7) is 3.03. The Morgan fingerprint density at radius 1 is 0.789 bits per heavy atom. The van der Waals surface area contributed by atoms with Gasteiger partial charge < -0.3 is 0 Å². The van der Waals surface area contributed by atoms with Gasteiger partial charge in [0.1, 0.15) is 0 Å². The second-order valence-electron chi connectivity index (χ2n) is 4.84. The summed E-state index contributed by atoms with van der Waals surface area (Å²) in [6.07, 6.45) is 3.17. The van der Waals surface area contributed by atoms with Crippen molar-refractivity contribution in [3.8, 4) is 0 Å². The highest BCUT2D eigenvalue weighted by Gasteiger charge is 1.95. The lowest BCUT2D eigenvalue weighted by Crippen LogP contribution is -1.98. The van der Waals surface area contributed by atoms with Crippen LogP contribution in [0, 0.1) is 0 Å². The summed E-state index contributed by atoms with van der Waals surface area (Å²) in [5.74, 6) is 0. The number of aliphatic imine (C=N–C) groups is 1. The zero-order chi connectivity index (χ0) is 13.3. The van der Waals surface area contributed by atoms with E-state index in [-0.39, 0.29) is 0 Å². The van der Waals surface area contributed by atoms with Crippen LogP contribution in [0.25, 0.3) is 0 Å². The fourth-order valence-electron chi connectivity index (χ4n) is 2.07. The van der Waals surface area contributed by atoms with Gasteiger partial charge in [0.25, 0.3) is 0 Å². The molecular weight excluding hydrogens is 230 g/mol. The second-order valence-corrected chi connectivity index (χ2v) is 4.84. The van der Waals surface area contributed by atoms with E-state index in [4.69, 9.17) is 0 Å². The van der Waals surface area contributed by atoms with E-state index < -0.39 is 0 Å². The Morgan fingerprint density at radius 2 is 1.32 bits per heavy atom. The van der Waals surface area contributed by atoms with E-state index in [0.29, 0.717) is 0 Å². The smallest absolute Gasteiger partial charge is 0.0428 e. The van der Waals surface area contributed by atoms with Crippen molar-refractivity contribution in [2.24, 2.45) is 4.99 Å². The molecule has 0 spiro atoms. The fourth-order valence-corrected chi connectivity index (χ4v) is 2.07. The average Bonchev–Trinajstić information content (AvgIpc) is 2.47. The fraction of sp³-hybridized carbons (Fsp3) is 0.278. The lowest BCUT2D eigenvalue weighted by Gasteiger charge is -2.02. The number of hydrogen-bond donors (Lipinski definition) is 0. The second kappa shape index (κ2) is 7.52. The van der Waals surface area contributed by atoms with Gasteiger partial charge in [-0.2, -0.15) is 0 Å². The first-order valence-corrected chi connectivity index (χ1v) is 6.92. The van der Waals surface area contributed by atoms with Gasteiger partial charge in [0.15, 0.2) is 0 Å². The Bertz CT molecular complexity index is 500. The molecule has 0 fully saturated rings. The van der Waals surface area contributed by atoms with Crippen LogP contribution in [0.2, 0.25) is 0 Å². The van der Waals surface area contributed by atoms with Crippen molar-refractivity contribution >= 4 is 5.71 Å². The maximum atomic E-state index is 4.65. The van der Waals surface area contributed by atoms with E-state index in [1.165, 1.54) is 16.8 Å². The highest BCUT2D eigenvalue weighted by Crippen LogP contribution is 2.04.